The maximum atomic E-state index is 11.8. The van der Waals surface area contributed by atoms with Crippen LogP contribution in [0.5, 0.6) is 0 Å². The predicted octanol–water partition coefficient (Wildman–Crippen LogP) is 1.67. The van der Waals surface area contributed by atoms with Crippen LogP contribution in [0.4, 0.5) is 0 Å². The molecular formula is C10H9N3OS. The fraction of sp³-hybridized carbons (Fsp3) is 0.200. The van der Waals surface area contributed by atoms with Crippen LogP contribution in [0.2, 0.25) is 0 Å². The van der Waals surface area contributed by atoms with Crippen molar-refractivity contribution in [1.82, 2.24) is 15.0 Å². The van der Waals surface area contributed by atoms with Gasteiger partial charge in [0.2, 0.25) is 0 Å². The molecule has 2 rings (SSSR count). The van der Waals surface area contributed by atoms with Gasteiger partial charge in [0.15, 0.2) is 5.78 Å². The van der Waals surface area contributed by atoms with Crippen LogP contribution in [0.3, 0.4) is 0 Å². The van der Waals surface area contributed by atoms with Gasteiger partial charge >= 0.3 is 0 Å². The van der Waals surface area contributed by atoms with Gasteiger partial charge in [-0.3, -0.25) is 9.78 Å². The second-order valence-electron chi connectivity index (χ2n) is 3.06. The lowest BCUT2D eigenvalue weighted by molar-refractivity contribution is 0.0988. The van der Waals surface area contributed by atoms with Gasteiger partial charge in [-0.15, -0.1) is 11.3 Å². The van der Waals surface area contributed by atoms with Crippen LogP contribution in [0, 0.1) is 6.92 Å². The lowest BCUT2D eigenvalue weighted by atomic mass is 10.2. The fourth-order valence-electron chi connectivity index (χ4n) is 1.19. The smallest absolute Gasteiger partial charge is 0.186 e. The molecule has 0 saturated heterocycles. The number of hydrogen-bond acceptors (Lipinski definition) is 5. The summed E-state index contributed by atoms with van der Waals surface area (Å²) in [6.07, 6.45) is 3.67. The van der Waals surface area contributed by atoms with Crippen LogP contribution in [0.15, 0.2) is 24.0 Å². The zero-order valence-electron chi connectivity index (χ0n) is 8.17. The Bertz CT molecular complexity index is 467. The summed E-state index contributed by atoms with van der Waals surface area (Å²) >= 11 is 1.47. The van der Waals surface area contributed by atoms with Crippen molar-refractivity contribution in [3.05, 3.63) is 40.4 Å². The van der Waals surface area contributed by atoms with Crippen LogP contribution < -0.4 is 0 Å². The first kappa shape index (κ1) is 9.92. The van der Waals surface area contributed by atoms with Crippen molar-refractivity contribution in [1.29, 1.82) is 0 Å². The minimum atomic E-state index is 0.00440. The summed E-state index contributed by atoms with van der Waals surface area (Å²) < 4.78 is 0. The van der Waals surface area contributed by atoms with E-state index >= 15 is 0 Å². The minimum absolute atomic E-state index is 0.00440. The van der Waals surface area contributed by atoms with Crippen molar-refractivity contribution in [2.75, 3.05) is 0 Å². The molecule has 0 aliphatic rings. The summed E-state index contributed by atoms with van der Waals surface area (Å²) in [5.41, 5.74) is 2.18. The zero-order valence-corrected chi connectivity index (χ0v) is 8.99. The average molecular weight is 219 g/mol. The van der Waals surface area contributed by atoms with E-state index in [9.17, 15) is 4.79 Å². The predicted molar refractivity (Wildman–Crippen MR) is 56.9 cm³/mol. The maximum Gasteiger partial charge on any atom is 0.186 e. The fourth-order valence-corrected chi connectivity index (χ4v) is 1.78. The highest BCUT2D eigenvalue weighted by atomic mass is 32.1. The van der Waals surface area contributed by atoms with E-state index in [2.05, 4.69) is 15.0 Å². The number of nitrogens with zero attached hydrogens (tertiary/aromatic N) is 3. The van der Waals surface area contributed by atoms with Gasteiger partial charge in [0, 0.05) is 23.7 Å². The average Bonchev–Trinajstić information content (AvgIpc) is 2.70. The molecule has 0 spiro atoms. The Morgan fingerprint density at radius 2 is 2.40 bits per heavy atom. The minimum Gasteiger partial charge on any atom is -0.292 e. The highest BCUT2D eigenvalue weighted by Crippen LogP contribution is 2.09. The first-order valence-electron chi connectivity index (χ1n) is 4.46. The molecule has 0 radical (unpaired) electrons. The SMILES string of the molecule is Cc1nccc(C(=O)Cc2cncs2)n1. The zero-order chi connectivity index (χ0) is 10.7. The summed E-state index contributed by atoms with van der Waals surface area (Å²) in [5, 5.41) is 0. The Labute approximate surface area is 91.0 Å². The van der Waals surface area contributed by atoms with Gasteiger partial charge in [-0.05, 0) is 13.0 Å². The van der Waals surface area contributed by atoms with Crippen molar-refractivity contribution >= 4 is 17.1 Å². The van der Waals surface area contributed by atoms with E-state index in [1.807, 2.05) is 0 Å². The van der Waals surface area contributed by atoms with Gasteiger partial charge in [0.25, 0.3) is 0 Å². The molecule has 0 fully saturated rings. The van der Waals surface area contributed by atoms with Gasteiger partial charge in [-0.2, -0.15) is 0 Å². The highest BCUT2D eigenvalue weighted by molar-refractivity contribution is 7.09. The number of thiazole rings is 1. The summed E-state index contributed by atoms with van der Waals surface area (Å²) in [5.74, 6) is 0.620. The van der Waals surface area contributed by atoms with Gasteiger partial charge in [0.1, 0.15) is 11.5 Å². The first-order valence-corrected chi connectivity index (χ1v) is 5.34. The van der Waals surface area contributed by atoms with Crippen molar-refractivity contribution in [3.8, 4) is 0 Å². The van der Waals surface area contributed by atoms with Gasteiger partial charge in [-0.25, -0.2) is 9.97 Å². The van der Waals surface area contributed by atoms with E-state index in [1.165, 1.54) is 11.3 Å². The summed E-state index contributed by atoms with van der Waals surface area (Å²) in [4.78, 5) is 24.7. The molecule has 0 atom stereocenters. The molecule has 2 heterocycles. The highest BCUT2D eigenvalue weighted by Gasteiger charge is 2.09. The molecule has 2 aromatic heterocycles. The van der Waals surface area contributed by atoms with E-state index in [0.29, 0.717) is 17.9 Å². The van der Waals surface area contributed by atoms with Crippen LogP contribution in [0.25, 0.3) is 0 Å². The number of rotatable bonds is 3. The van der Waals surface area contributed by atoms with Crippen molar-refractivity contribution in [2.45, 2.75) is 13.3 Å². The molecule has 0 saturated carbocycles. The number of ketones is 1. The van der Waals surface area contributed by atoms with Gasteiger partial charge in [0.05, 0.1) is 5.51 Å². The summed E-state index contributed by atoms with van der Waals surface area (Å²) in [7, 11) is 0. The Morgan fingerprint density at radius 1 is 1.53 bits per heavy atom. The van der Waals surface area contributed by atoms with E-state index in [-0.39, 0.29) is 5.78 Å². The first-order chi connectivity index (χ1) is 7.25. The number of carbonyl (C=O) groups is 1. The molecule has 0 unspecified atom stereocenters. The maximum absolute atomic E-state index is 11.8. The largest absolute Gasteiger partial charge is 0.292 e. The molecule has 4 nitrogen and oxygen atoms in total. The van der Waals surface area contributed by atoms with Crippen molar-refractivity contribution in [2.24, 2.45) is 0 Å². The Kier molecular flexibility index (Phi) is 2.82. The van der Waals surface area contributed by atoms with E-state index in [4.69, 9.17) is 0 Å². The van der Waals surface area contributed by atoms with Crippen LogP contribution >= 0.6 is 11.3 Å². The van der Waals surface area contributed by atoms with Crippen molar-refractivity contribution < 1.29 is 4.79 Å². The van der Waals surface area contributed by atoms with Crippen LogP contribution in [0.1, 0.15) is 21.2 Å². The molecule has 2 aromatic rings. The standard InChI is InChI=1S/C10H9N3OS/c1-7-12-3-2-9(13-7)10(14)4-8-5-11-6-15-8/h2-3,5-6H,4H2,1H3. The molecule has 0 bridgehead atoms. The van der Waals surface area contributed by atoms with Gasteiger partial charge < -0.3 is 0 Å². The lowest BCUT2D eigenvalue weighted by Gasteiger charge is -1.98. The molecule has 0 amide bonds. The third-order valence-electron chi connectivity index (χ3n) is 1.88. The number of aryl methyl sites for hydroxylation is 1. The third-order valence-corrected chi connectivity index (χ3v) is 2.66. The number of carbonyl (C=O) groups excluding carboxylic acids is 1. The molecule has 0 N–H and O–H groups in total. The van der Waals surface area contributed by atoms with Crippen molar-refractivity contribution in [3.63, 3.8) is 0 Å². The van der Waals surface area contributed by atoms with Crippen LogP contribution in [-0.4, -0.2) is 20.7 Å². The third kappa shape index (κ3) is 2.44. The second-order valence-corrected chi connectivity index (χ2v) is 4.03. The van der Waals surface area contributed by atoms with Gasteiger partial charge in [-0.1, -0.05) is 0 Å². The quantitative estimate of drug-likeness (QED) is 0.737. The molecular weight excluding hydrogens is 210 g/mol. The van der Waals surface area contributed by atoms with E-state index in [1.54, 1.807) is 30.9 Å². The molecule has 76 valence electrons. The molecule has 0 aromatic carbocycles. The monoisotopic (exact) mass is 219 g/mol. The Hall–Kier alpha value is -1.62. The summed E-state index contributed by atoms with van der Waals surface area (Å²) in [6, 6.07) is 1.64. The Balaban J connectivity index is 2.15. The summed E-state index contributed by atoms with van der Waals surface area (Å²) in [6.45, 7) is 1.77. The topological polar surface area (TPSA) is 55.7 Å². The van der Waals surface area contributed by atoms with E-state index < -0.39 is 0 Å². The number of Topliss-reactive ketones (excluding diaryl/α,β-unsaturated/α-hetero) is 1. The number of aromatic nitrogens is 3. The molecule has 0 aliphatic carbocycles. The molecule has 15 heavy (non-hydrogen) atoms. The molecule has 0 aliphatic heterocycles. The number of hydrogen-bond donors (Lipinski definition) is 0. The normalized spacial score (nSPS) is 10.2. The lowest BCUT2D eigenvalue weighted by Crippen LogP contribution is -2.06. The molecule has 5 heteroatoms. The van der Waals surface area contributed by atoms with Crippen LogP contribution in [-0.2, 0) is 6.42 Å². The second kappa shape index (κ2) is 4.27. The Morgan fingerprint density at radius 3 is 3.07 bits per heavy atom. The van der Waals surface area contributed by atoms with E-state index in [0.717, 1.165) is 4.88 Å².